The molecule has 11 heteroatoms. The average Bonchev–Trinajstić information content (AvgIpc) is 3.14. The number of pyridine rings is 1. The van der Waals surface area contributed by atoms with Crippen molar-refractivity contribution in [3.05, 3.63) is 95.7 Å². The Kier molecular flexibility index (Phi) is 9.08. The maximum Gasteiger partial charge on any atom is 0.422 e. The molecule has 0 N–H and O–H groups in total. The van der Waals surface area contributed by atoms with Gasteiger partial charge in [0.15, 0.2) is 18.1 Å². The van der Waals surface area contributed by atoms with Crippen LogP contribution in [0.15, 0.2) is 79.0 Å². The lowest BCUT2D eigenvalue weighted by Gasteiger charge is -2.26. The van der Waals surface area contributed by atoms with Crippen LogP contribution >= 0.6 is 0 Å². The molecule has 0 saturated carbocycles. The zero-order valence-corrected chi connectivity index (χ0v) is 25.1. The van der Waals surface area contributed by atoms with E-state index in [4.69, 9.17) is 9.57 Å². The van der Waals surface area contributed by atoms with Crippen LogP contribution in [0.1, 0.15) is 53.0 Å². The Morgan fingerprint density at radius 2 is 1.60 bits per heavy atom. The second kappa shape index (κ2) is 13.0. The van der Waals surface area contributed by atoms with E-state index in [1.54, 1.807) is 77.7 Å². The maximum atomic E-state index is 14.3. The predicted octanol–water partition coefficient (Wildman–Crippen LogP) is 5.94. The van der Waals surface area contributed by atoms with Gasteiger partial charge in [0.2, 0.25) is 5.91 Å². The summed E-state index contributed by atoms with van der Waals surface area (Å²) in [5.74, 6) is -1.41. The van der Waals surface area contributed by atoms with E-state index in [0.29, 0.717) is 51.8 Å². The zero-order valence-electron chi connectivity index (χ0n) is 25.1. The third kappa shape index (κ3) is 6.62. The molecule has 1 aliphatic heterocycles. The molecule has 0 radical (unpaired) electrons. The molecule has 0 bridgehead atoms. The van der Waals surface area contributed by atoms with Crippen LogP contribution in [0.4, 0.5) is 24.5 Å². The van der Waals surface area contributed by atoms with Crippen LogP contribution < -0.4 is 24.1 Å². The first-order chi connectivity index (χ1) is 21.5. The average molecular weight is 621 g/mol. The van der Waals surface area contributed by atoms with Crippen LogP contribution in [0, 0.1) is 5.92 Å². The quantitative estimate of drug-likeness (QED) is 0.171. The number of ketones is 1. The molecule has 1 atom stereocenters. The summed E-state index contributed by atoms with van der Waals surface area (Å²) in [7, 11) is 1.39. The van der Waals surface area contributed by atoms with Crippen molar-refractivity contribution in [3.63, 3.8) is 0 Å². The Balaban J connectivity index is 1.64. The monoisotopic (exact) mass is 620 g/mol. The summed E-state index contributed by atoms with van der Waals surface area (Å²) in [5.41, 5.74) is 2.68. The van der Waals surface area contributed by atoms with E-state index in [9.17, 15) is 27.6 Å². The van der Waals surface area contributed by atoms with Crippen LogP contribution in [-0.4, -0.2) is 44.0 Å². The number of fused-ring (bicyclic) bond motifs is 2. The molecule has 1 aromatic heterocycles. The number of carbonyl (C=O) groups is 3. The summed E-state index contributed by atoms with van der Waals surface area (Å²) in [6.07, 6.45) is -2.12. The van der Waals surface area contributed by atoms with Crippen LogP contribution in [-0.2, 0) is 11.3 Å². The first kappa shape index (κ1) is 31.5. The second-order valence-electron chi connectivity index (χ2n) is 10.8. The number of aromatic nitrogens is 1. The van der Waals surface area contributed by atoms with Gasteiger partial charge in [-0.15, -0.1) is 0 Å². The van der Waals surface area contributed by atoms with Gasteiger partial charge in [0.1, 0.15) is 7.11 Å². The van der Waals surface area contributed by atoms with E-state index in [1.807, 2.05) is 6.92 Å². The molecule has 0 fully saturated rings. The number of hydrogen-bond acceptors (Lipinski definition) is 5. The van der Waals surface area contributed by atoms with Crippen molar-refractivity contribution in [3.8, 4) is 5.75 Å². The lowest BCUT2D eigenvalue weighted by Crippen LogP contribution is -2.42. The Bertz CT molecular complexity index is 1740. The first-order valence-corrected chi connectivity index (χ1v) is 14.6. The Morgan fingerprint density at radius 1 is 0.956 bits per heavy atom. The number of anilines is 2. The van der Waals surface area contributed by atoms with Crippen molar-refractivity contribution in [1.29, 1.82) is 0 Å². The Labute approximate surface area is 258 Å². The number of benzene rings is 3. The summed E-state index contributed by atoms with van der Waals surface area (Å²) < 4.78 is 46.6. The molecule has 1 unspecified atom stereocenters. The number of ether oxygens (including phenoxy) is 1. The van der Waals surface area contributed by atoms with Gasteiger partial charge in [-0.3, -0.25) is 19.2 Å². The zero-order chi connectivity index (χ0) is 32.3. The highest BCUT2D eigenvalue weighted by Crippen LogP contribution is 2.39. The molecule has 2 heterocycles. The van der Waals surface area contributed by atoms with Gasteiger partial charge in [0, 0.05) is 34.0 Å². The van der Waals surface area contributed by atoms with Crippen LogP contribution in [0.5, 0.6) is 5.75 Å². The largest absolute Gasteiger partial charge is 0.477 e. The third-order valence-corrected chi connectivity index (χ3v) is 7.81. The molecule has 1 aliphatic rings. The van der Waals surface area contributed by atoms with E-state index in [1.165, 1.54) is 29.9 Å². The van der Waals surface area contributed by atoms with Crippen molar-refractivity contribution >= 4 is 39.9 Å². The van der Waals surface area contributed by atoms with Gasteiger partial charge in [-0.05, 0) is 43.7 Å². The van der Waals surface area contributed by atoms with Crippen molar-refractivity contribution in [2.75, 3.05) is 30.1 Å². The lowest BCUT2D eigenvalue weighted by molar-refractivity contribution is -0.865. The number of halogens is 3. The third-order valence-electron chi connectivity index (χ3n) is 7.81. The fourth-order valence-electron chi connectivity index (χ4n) is 5.64. The van der Waals surface area contributed by atoms with Crippen LogP contribution in [0.3, 0.4) is 0 Å². The molecule has 2 amide bonds. The Hall–Kier alpha value is -4.93. The predicted molar refractivity (Wildman–Crippen MR) is 162 cm³/mol. The number of Topliss-reactive ketones (excluding diaryl/α,β-unsaturated/α-hetero) is 1. The normalized spacial score (nSPS) is 15.1. The number of alkyl halides is 3. The summed E-state index contributed by atoms with van der Waals surface area (Å²) >= 11 is 0. The van der Waals surface area contributed by atoms with Gasteiger partial charge in [-0.25, -0.2) is 0 Å². The van der Waals surface area contributed by atoms with E-state index in [0.717, 1.165) is 0 Å². The second-order valence-corrected chi connectivity index (χ2v) is 10.8. The number of amides is 2. The van der Waals surface area contributed by atoms with Gasteiger partial charge in [-0.2, -0.15) is 13.2 Å². The van der Waals surface area contributed by atoms with E-state index < -0.39 is 18.7 Å². The number of para-hydroxylation sites is 3. The van der Waals surface area contributed by atoms with Crippen LogP contribution in [0.2, 0.25) is 0 Å². The van der Waals surface area contributed by atoms with Gasteiger partial charge in [-0.1, -0.05) is 49.7 Å². The minimum atomic E-state index is -4.60. The molecule has 3 aromatic carbocycles. The van der Waals surface area contributed by atoms with Crippen molar-refractivity contribution < 1.29 is 41.9 Å². The number of carbonyl (C=O) groups excluding carboxylic acids is 3. The van der Waals surface area contributed by atoms with Gasteiger partial charge >= 0.3 is 6.18 Å². The minimum absolute atomic E-state index is 0.0899. The standard InChI is InChI=1S/C34H33F3N3O5/c1-4-9-25-18-38(32(42)24-16-14-23(15-17-24)22(2)41)29-12-7-8-13-30(29)39(33(25)43)19-27-26-10-5-6-11-28(26)40(44-3)20-31(27)45-21-34(35,36)37/h5-8,10-17,20,25H,4,9,18-19,21H2,1-3H3/q+1. The smallest absolute Gasteiger partial charge is 0.422 e. The molecule has 0 saturated heterocycles. The number of rotatable bonds is 9. The summed E-state index contributed by atoms with van der Waals surface area (Å²) in [6.45, 7) is 1.84. The van der Waals surface area contributed by atoms with E-state index in [-0.39, 0.29) is 36.4 Å². The summed E-state index contributed by atoms with van der Waals surface area (Å²) in [6, 6.07) is 20.3. The number of nitrogens with zero attached hydrogens (tertiary/aromatic N) is 3. The fourth-order valence-corrected chi connectivity index (χ4v) is 5.64. The van der Waals surface area contributed by atoms with Crippen molar-refractivity contribution in [2.24, 2.45) is 5.92 Å². The Morgan fingerprint density at radius 3 is 2.24 bits per heavy atom. The van der Waals surface area contributed by atoms with Gasteiger partial charge in [0.25, 0.3) is 17.6 Å². The first-order valence-electron chi connectivity index (χ1n) is 14.6. The summed E-state index contributed by atoms with van der Waals surface area (Å²) in [5, 5.41) is 0.541. The summed E-state index contributed by atoms with van der Waals surface area (Å²) in [4.78, 5) is 48.6. The molecule has 0 spiro atoms. The van der Waals surface area contributed by atoms with Gasteiger partial charge < -0.3 is 14.5 Å². The molecule has 45 heavy (non-hydrogen) atoms. The SMILES string of the molecule is CCCC1CN(C(=O)c2ccc(C(C)=O)cc2)c2ccccc2N(Cc2c(OCC(F)(F)F)c[n+](OC)c3ccccc23)C1=O. The molecule has 234 valence electrons. The molecule has 0 aliphatic carbocycles. The maximum absolute atomic E-state index is 14.3. The van der Waals surface area contributed by atoms with Crippen molar-refractivity contribution in [2.45, 2.75) is 39.4 Å². The highest BCUT2D eigenvalue weighted by Gasteiger charge is 2.37. The van der Waals surface area contributed by atoms with E-state index >= 15 is 0 Å². The molecular formula is C34H33F3N3O5+. The number of hydrogen-bond donors (Lipinski definition) is 0. The topological polar surface area (TPSA) is 80.0 Å². The molecule has 5 rings (SSSR count). The van der Waals surface area contributed by atoms with Crippen molar-refractivity contribution in [1.82, 2.24) is 0 Å². The highest BCUT2D eigenvalue weighted by atomic mass is 19.4. The van der Waals surface area contributed by atoms with E-state index in [2.05, 4.69) is 0 Å². The molecule has 8 nitrogen and oxygen atoms in total. The molecular weight excluding hydrogens is 587 g/mol. The van der Waals surface area contributed by atoms with Crippen LogP contribution in [0.25, 0.3) is 10.9 Å². The molecule has 4 aromatic rings. The fraction of sp³-hybridized carbons (Fsp3) is 0.294. The van der Waals surface area contributed by atoms with Gasteiger partial charge in [0.05, 0.1) is 29.2 Å². The lowest BCUT2D eigenvalue weighted by atomic mass is 10.00. The minimum Gasteiger partial charge on any atom is -0.477 e. The highest BCUT2D eigenvalue weighted by molar-refractivity contribution is 6.12.